The van der Waals surface area contributed by atoms with E-state index in [2.05, 4.69) is 26.1 Å². The number of carbonyl (C=O) groups excluding carboxylic acids is 2. The van der Waals surface area contributed by atoms with E-state index in [1.54, 1.807) is 29.2 Å². The smallest absolute Gasteiger partial charge is 0.249 e. The molecule has 1 saturated carbocycles. The van der Waals surface area contributed by atoms with Crippen LogP contribution >= 0.6 is 0 Å². The number of rotatable bonds is 11. The maximum absolute atomic E-state index is 14.0. The number of aliphatic hydroxyl groups excluding tert-OH is 2. The highest BCUT2D eigenvalue weighted by Crippen LogP contribution is 2.47. The minimum atomic E-state index is -1.14. The predicted octanol–water partition coefficient (Wildman–Crippen LogP) is 4.00. The van der Waals surface area contributed by atoms with Crippen LogP contribution in [0.25, 0.3) is 0 Å². The Morgan fingerprint density at radius 2 is 1.95 bits per heavy atom. The monoisotopic (exact) mass is 608 g/mol. The van der Waals surface area contributed by atoms with Crippen molar-refractivity contribution in [3.05, 3.63) is 77.1 Å². The lowest BCUT2D eigenvalue weighted by Crippen LogP contribution is -2.57. The number of aliphatic hydroxyl groups is 2. The number of nitrogens with zero attached hydrogens (tertiary/aromatic N) is 1. The number of benzene rings is 2. The van der Waals surface area contributed by atoms with Crippen LogP contribution < -0.4 is 10.1 Å². The first kappa shape index (κ1) is 32.1. The van der Waals surface area contributed by atoms with E-state index < -0.39 is 30.1 Å². The van der Waals surface area contributed by atoms with Gasteiger partial charge in [0, 0.05) is 24.2 Å². The molecule has 3 N–H and O–H groups in total. The van der Waals surface area contributed by atoms with Gasteiger partial charge in [0.1, 0.15) is 30.4 Å². The SMILES string of the molecule is CC1CCC(C(C)C)C(OCC(=O)N(CCc2cccc(F)c2)C2C=C(C(=O)NCCO)C3c4ccccc4OC3C2O)C1. The minimum Gasteiger partial charge on any atom is -0.486 e. The summed E-state index contributed by atoms with van der Waals surface area (Å²) in [6.45, 7) is 6.44. The van der Waals surface area contributed by atoms with Crippen LogP contribution in [0.4, 0.5) is 4.39 Å². The largest absolute Gasteiger partial charge is 0.486 e. The molecule has 7 atom stereocenters. The molecule has 2 aliphatic carbocycles. The molecule has 5 rings (SSSR count). The molecule has 0 saturated heterocycles. The number of amides is 2. The number of para-hydroxylation sites is 1. The van der Waals surface area contributed by atoms with Crippen LogP contribution in [0, 0.1) is 23.6 Å². The summed E-state index contributed by atoms with van der Waals surface area (Å²) >= 11 is 0. The quantitative estimate of drug-likeness (QED) is 0.356. The van der Waals surface area contributed by atoms with E-state index in [4.69, 9.17) is 9.47 Å². The molecule has 2 aromatic carbocycles. The van der Waals surface area contributed by atoms with Crippen LogP contribution in [0.5, 0.6) is 5.75 Å². The van der Waals surface area contributed by atoms with Crippen LogP contribution in [0.1, 0.15) is 57.1 Å². The van der Waals surface area contributed by atoms with E-state index >= 15 is 0 Å². The fraction of sp³-hybridized carbons (Fsp3) is 0.543. The highest BCUT2D eigenvalue weighted by molar-refractivity contribution is 5.96. The number of fused-ring (bicyclic) bond motifs is 3. The van der Waals surface area contributed by atoms with Gasteiger partial charge in [0.15, 0.2) is 0 Å². The van der Waals surface area contributed by atoms with E-state index in [9.17, 15) is 24.2 Å². The normalized spacial score (nSPS) is 27.6. The van der Waals surface area contributed by atoms with Gasteiger partial charge >= 0.3 is 0 Å². The van der Waals surface area contributed by atoms with Crippen molar-refractivity contribution in [2.75, 3.05) is 26.3 Å². The van der Waals surface area contributed by atoms with Gasteiger partial charge in [0.05, 0.1) is 24.7 Å². The predicted molar refractivity (Wildman–Crippen MR) is 164 cm³/mol. The summed E-state index contributed by atoms with van der Waals surface area (Å²) in [4.78, 5) is 29.0. The summed E-state index contributed by atoms with van der Waals surface area (Å²) in [6, 6.07) is 12.7. The van der Waals surface area contributed by atoms with Gasteiger partial charge in [0.25, 0.3) is 0 Å². The summed E-state index contributed by atoms with van der Waals surface area (Å²) in [5.41, 5.74) is 1.86. The van der Waals surface area contributed by atoms with Crippen molar-refractivity contribution in [2.45, 2.75) is 76.7 Å². The zero-order chi connectivity index (χ0) is 31.4. The van der Waals surface area contributed by atoms with Crippen molar-refractivity contribution in [3.63, 3.8) is 0 Å². The van der Waals surface area contributed by atoms with Gasteiger partial charge in [-0.2, -0.15) is 0 Å². The summed E-state index contributed by atoms with van der Waals surface area (Å²) < 4.78 is 26.6. The number of carbonyl (C=O) groups is 2. The zero-order valence-corrected chi connectivity index (χ0v) is 25.8. The Morgan fingerprint density at radius 1 is 1.16 bits per heavy atom. The number of hydrogen-bond donors (Lipinski definition) is 3. The molecular weight excluding hydrogens is 563 g/mol. The van der Waals surface area contributed by atoms with Gasteiger partial charge in [-0.25, -0.2) is 4.39 Å². The Morgan fingerprint density at radius 3 is 2.70 bits per heavy atom. The number of ether oxygens (including phenoxy) is 2. The summed E-state index contributed by atoms with van der Waals surface area (Å²) in [5, 5.41) is 23.9. The molecule has 3 aliphatic rings. The number of hydrogen-bond acceptors (Lipinski definition) is 6. The molecule has 1 fully saturated rings. The molecule has 0 aromatic heterocycles. The molecule has 8 nitrogen and oxygen atoms in total. The van der Waals surface area contributed by atoms with Gasteiger partial charge in [0.2, 0.25) is 11.8 Å². The van der Waals surface area contributed by atoms with Crippen molar-refractivity contribution in [1.82, 2.24) is 10.2 Å². The van der Waals surface area contributed by atoms with E-state index in [0.717, 1.165) is 24.8 Å². The van der Waals surface area contributed by atoms with Crippen LogP contribution in [0.2, 0.25) is 0 Å². The summed E-state index contributed by atoms with van der Waals surface area (Å²) in [5.74, 6) is 0.257. The molecule has 9 heteroatoms. The first-order valence-electron chi connectivity index (χ1n) is 15.9. The maximum atomic E-state index is 14.0. The third kappa shape index (κ3) is 7.00. The van der Waals surface area contributed by atoms with E-state index in [1.807, 2.05) is 18.2 Å². The molecule has 1 heterocycles. The van der Waals surface area contributed by atoms with Gasteiger partial charge in [-0.05, 0) is 66.9 Å². The highest BCUT2D eigenvalue weighted by atomic mass is 19.1. The van der Waals surface area contributed by atoms with Crippen LogP contribution in [-0.4, -0.2) is 77.6 Å². The maximum Gasteiger partial charge on any atom is 0.249 e. The molecule has 2 aromatic rings. The molecule has 7 unspecified atom stereocenters. The standard InChI is InChI=1S/C35H45FN2O6/c1-21(2)25-12-11-22(3)17-30(25)43-20-31(40)38(15-13-23-7-6-8-24(36)18-23)28-19-27(35(42)37-14-16-39)32-26-9-4-5-10-29(26)44-34(32)33(28)41/h4-10,18-19,21-22,25,28,30,32-34,39,41H,11-17,20H2,1-3H3,(H,37,42). The lowest BCUT2D eigenvalue weighted by atomic mass is 9.75. The second kappa shape index (κ2) is 14.2. The van der Waals surface area contributed by atoms with Gasteiger partial charge in [-0.3, -0.25) is 9.59 Å². The van der Waals surface area contributed by atoms with Gasteiger partial charge < -0.3 is 29.9 Å². The Bertz CT molecular complexity index is 1350. The molecule has 44 heavy (non-hydrogen) atoms. The topological polar surface area (TPSA) is 108 Å². The lowest BCUT2D eigenvalue weighted by Gasteiger charge is -2.41. The Kier molecular flexibility index (Phi) is 10.4. The average molecular weight is 609 g/mol. The fourth-order valence-electron chi connectivity index (χ4n) is 7.14. The summed E-state index contributed by atoms with van der Waals surface area (Å²) in [6.07, 6.45) is 3.10. The third-order valence-electron chi connectivity index (χ3n) is 9.47. The Labute approximate surface area is 259 Å². The molecule has 0 bridgehead atoms. The molecule has 238 valence electrons. The van der Waals surface area contributed by atoms with Crippen LogP contribution in [-0.2, 0) is 20.7 Å². The number of nitrogens with one attached hydrogen (secondary N) is 1. The first-order valence-corrected chi connectivity index (χ1v) is 15.9. The molecule has 0 spiro atoms. The molecule has 1 aliphatic heterocycles. The van der Waals surface area contributed by atoms with Gasteiger partial charge in [-0.15, -0.1) is 0 Å². The zero-order valence-electron chi connectivity index (χ0n) is 25.8. The van der Waals surface area contributed by atoms with Crippen molar-refractivity contribution in [1.29, 1.82) is 0 Å². The lowest BCUT2D eigenvalue weighted by molar-refractivity contribution is -0.147. The average Bonchev–Trinajstić information content (AvgIpc) is 3.40. The molecule has 2 amide bonds. The molecule has 0 radical (unpaired) electrons. The van der Waals surface area contributed by atoms with Crippen molar-refractivity contribution < 1.29 is 33.7 Å². The van der Waals surface area contributed by atoms with Crippen molar-refractivity contribution in [3.8, 4) is 5.75 Å². The second-order valence-corrected chi connectivity index (χ2v) is 12.8. The van der Waals surface area contributed by atoms with E-state index in [1.165, 1.54) is 12.1 Å². The summed E-state index contributed by atoms with van der Waals surface area (Å²) in [7, 11) is 0. The fourth-order valence-corrected chi connectivity index (χ4v) is 7.14. The van der Waals surface area contributed by atoms with E-state index in [0.29, 0.717) is 41.1 Å². The number of halogens is 1. The minimum absolute atomic E-state index is 0.0449. The highest BCUT2D eigenvalue weighted by Gasteiger charge is 2.50. The Balaban J connectivity index is 1.45. The van der Waals surface area contributed by atoms with Gasteiger partial charge in [-0.1, -0.05) is 57.5 Å². The molecular formula is C35H45FN2O6. The first-order chi connectivity index (χ1) is 21.2. The van der Waals surface area contributed by atoms with Crippen LogP contribution in [0.3, 0.4) is 0 Å². The Hall–Kier alpha value is -3.27. The van der Waals surface area contributed by atoms with E-state index in [-0.39, 0.29) is 44.1 Å². The second-order valence-electron chi connectivity index (χ2n) is 12.8. The van der Waals surface area contributed by atoms with Crippen molar-refractivity contribution >= 4 is 11.8 Å². The van der Waals surface area contributed by atoms with Crippen molar-refractivity contribution in [2.24, 2.45) is 17.8 Å². The van der Waals surface area contributed by atoms with Crippen LogP contribution in [0.15, 0.2) is 60.2 Å². The third-order valence-corrected chi connectivity index (χ3v) is 9.47.